The van der Waals surface area contributed by atoms with E-state index in [-0.39, 0.29) is 5.91 Å². The van der Waals surface area contributed by atoms with Crippen LogP contribution >= 0.6 is 0 Å². The highest BCUT2D eigenvalue weighted by atomic mass is 16.5. The van der Waals surface area contributed by atoms with E-state index in [0.717, 1.165) is 36.6 Å². The van der Waals surface area contributed by atoms with Crippen LogP contribution in [0.25, 0.3) is 5.69 Å². The molecule has 2 atom stereocenters. The first-order chi connectivity index (χ1) is 17.3. The number of benzene rings is 1. The number of amides is 1. The quantitative estimate of drug-likeness (QED) is 0.439. The number of methoxy groups -OCH3 is 1. The Hall–Kier alpha value is -3.29. The summed E-state index contributed by atoms with van der Waals surface area (Å²) >= 11 is 0. The summed E-state index contributed by atoms with van der Waals surface area (Å²) in [6, 6.07) is 5.75. The van der Waals surface area contributed by atoms with Gasteiger partial charge in [0.1, 0.15) is 11.6 Å². The van der Waals surface area contributed by atoms with E-state index in [4.69, 9.17) is 4.74 Å². The molecule has 1 amide bonds. The van der Waals surface area contributed by atoms with Crippen molar-refractivity contribution in [3.8, 4) is 11.4 Å². The van der Waals surface area contributed by atoms with Gasteiger partial charge in [-0.2, -0.15) is 15.0 Å². The van der Waals surface area contributed by atoms with Crippen LogP contribution in [0, 0.1) is 33.6 Å². The van der Waals surface area contributed by atoms with Crippen LogP contribution in [-0.2, 0) is 0 Å². The lowest BCUT2D eigenvalue weighted by atomic mass is 9.82. The lowest BCUT2D eigenvalue weighted by molar-refractivity contribution is 0.0104. The second-order valence-corrected chi connectivity index (χ2v) is 8.75. The Balaban J connectivity index is 0.000000318. The average Bonchev–Trinajstić information content (AvgIpc) is 3.41. The fraction of sp³-hybridized carbons (Fsp3) is 0.536. The molecule has 1 aromatic carbocycles. The summed E-state index contributed by atoms with van der Waals surface area (Å²) in [6.07, 6.45) is 6.52. The Kier molecular flexibility index (Phi) is 11.0. The number of ether oxygens (including phenoxy) is 1. The molecule has 8 heteroatoms. The van der Waals surface area contributed by atoms with Gasteiger partial charge < -0.3 is 9.64 Å². The standard InChI is InChI=1S/C18H24N4O2.C8H12N2.C2H6/c1-4-6-13-12-21(16(13)5-2)18(23)15-11-14(24-3)7-8-17(15)22-19-9-10-20-22;1-5-6(2)9-8(4)10-7(5)3;1-2/h7-11,13,16H,4-6,12H2,1-3H3;1-4H3;1-2H3. The highest BCUT2D eigenvalue weighted by Crippen LogP contribution is 2.34. The summed E-state index contributed by atoms with van der Waals surface area (Å²) in [7, 11) is 1.60. The van der Waals surface area contributed by atoms with Crippen LogP contribution < -0.4 is 4.74 Å². The maximum atomic E-state index is 13.1. The highest BCUT2D eigenvalue weighted by molar-refractivity contribution is 5.98. The lowest BCUT2D eigenvalue weighted by Crippen LogP contribution is -2.58. The molecule has 1 fully saturated rings. The fourth-order valence-electron chi connectivity index (χ4n) is 4.49. The van der Waals surface area contributed by atoms with E-state index < -0.39 is 0 Å². The zero-order valence-electron chi connectivity index (χ0n) is 23.4. The van der Waals surface area contributed by atoms with Crippen LogP contribution in [0.1, 0.15) is 80.1 Å². The van der Waals surface area contributed by atoms with Crippen molar-refractivity contribution in [2.45, 2.75) is 80.7 Å². The number of carbonyl (C=O) groups is 1. The first-order valence-electron chi connectivity index (χ1n) is 12.9. The molecule has 8 nitrogen and oxygen atoms in total. The molecule has 196 valence electrons. The molecular weight excluding hydrogens is 452 g/mol. The fourth-order valence-corrected chi connectivity index (χ4v) is 4.49. The van der Waals surface area contributed by atoms with Crippen molar-refractivity contribution in [2.24, 2.45) is 5.92 Å². The molecule has 0 saturated carbocycles. The highest BCUT2D eigenvalue weighted by Gasteiger charge is 2.40. The van der Waals surface area contributed by atoms with E-state index in [1.54, 1.807) is 25.6 Å². The number of hydrogen-bond donors (Lipinski definition) is 0. The summed E-state index contributed by atoms with van der Waals surface area (Å²) in [5, 5.41) is 8.33. The topological polar surface area (TPSA) is 86.0 Å². The van der Waals surface area contributed by atoms with E-state index in [2.05, 4.69) is 34.0 Å². The van der Waals surface area contributed by atoms with Crippen molar-refractivity contribution in [3.05, 3.63) is 58.9 Å². The maximum Gasteiger partial charge on any atom is 0.256 e. The zero-order valence-corrected chi connectivity index (χ0v) is 23.4. The van der Waals surface area contributed by atoms with Crippen molar-refractivity contribution >= 4 is 5.91 Å². The van der Waals surface area contributed by atoms with Gasteiger partial charge in [0.15, 0.2) is 0 Å². The molecule has 1 aliphatic heterocycles. The van der Waals surface area contributed by atoms with E-state index in [1.807, 2.05) is 58.6 Å². The minimum atomic E-state index is 0.0282. The molecule has 4 rings (SSSR count). The minimum absolute atomic E-state index is 0.0282. The van der Waals surface area contributed by atoms with E-state index in [1.165, 1.54) is 16.8 Å². The molecule has 2 unspecified atom stereocenters. The predicted molar refractivity (Wildman–Crippen MR) is 144 cm³/mol. The molecule has 36 heavy (non-hydrogen) atoms. The Morgan fingerprint density at radius 3 is 2.17 bits per heavy atom. The van der Waals surface area contributed by atoms with E-state index >= 15 is 0 Å². The Morgan fingerprint density at radius 1 is 1.03 bits per heavy atom. The smallest absolute Gasteiger partial charge is 0.256 e. The monoisotopic (exact) mass is 494 g/mol. The number of rotatable bonds is 6. The van der Waals surface area contributed by atoms with Gasteiger partial charge in [0.05, 0.1) is 30.8 Å². The number of nitrogens with zero attached hydrogens (tertiary/aromatic N) is 6. The van der Waals surface area contributed by atoms with Gasteiger partial charge in [-0.15, -0.1) is 0 Å². The van der Waals surface area contributed by atoms with Gasteiger partial charge in [-0.25, -0.2) is 9.97 Å². The third-order valence-corrected chi connectivity index (χ3v) is 6.53. The van der Waals surface area contributed by atoms with Crippen molar-refractivity contribution in [3.63, 3.8) is 0 Å². The first-order valence-corrected chi connectivity index (χ1v) is 12.9. The van der Waals surface area contributed by atoms with Crippen molar-refractivity contribution < 1.29 is 9.53 Å². The molecule has 2 aromatic heterocycles. The van der Waals surface area contributed by atoms with Gasteiger partial charge >= 0.3 is 0 Å². The molecule has 3 aromatic rings. The second-order valence-electron chi connectivity index (χ2n) is 8.75. The molecule has 3 heterocycles. The number of hydrogen-bond acceptors (Lipinski definition) is 6. The number of aromatic nitrogens is 5. The summed E-state index contributed by atoms with van der Waals surface area (Å²) in [5.74, 6) is 2.16. The number of carbonyl (C=O) groups excluding carboxylic acids is 1. The molecule has 0 aliphatic carbocycles. The molecule has 1 saturated heterocycles. The van der Waals surface area contributed by atoms with Crippen LogP contribution in [-0.4, -0.2) is 55.5 Å². The largest absolute Gasteiger partial charge is 0.497 e. The van der Waals surface area contributed by atoms with Crippen LogP contribution in [0.3, 0.4) is 0 Å². The first kappa shape index (κ1) is 28.9. The van der Waals surface area contributed by atoms with Crippen LogP contribution in [0.2, 0.25) is 0 Å². The predicted octanol–water partition coefficient (Wildman–Crippen LogP) is 5.66. The Morgan fingerprint density at radius 2 is 1.64 bits per heavy atom. The molecule has 0 radical (unpaired) electrons. The van der Waals surface area contributed by atoms with E-state index in [0.29, 0.717) is 29.0 Å². The molecular formula is C28H42N6O2. The second kappa shape index (κ2) is 13.7. The lowest BCUT2D eigenvalue weighted by Gasteiger charge is -2.48. The molecule has 0 N–H and O–H groups in total. The van der Waals surface area contributed by atoms with Crippen molar-refractivity contribution in [1.29, 1.82) is 0 Å². The molecule has 0 spiro atoms. The van der Waals surface area contributed by atoms with Gasteiger partial charge in [0.2, 0.25) is 0 Å². The summed E-state index contributed by atoms with van der Waals surface area (Å²) in [5.41, 5.74) is 4.64. The minimum Gasteiger partial charge on any atom is -0.497 e. The summed E-state index contributed by atoms with van der Waals surface area (Å²) in [6.45, 7) is 17.2. The maximum absolute atomic E-state index is 13.1. The Bertz CT molecular complexity index is 1090. The molecule has 0 bridgehead atoms. The van der Waals surface area contributed by atoms with Crippen LogP contribution in [0.5, 0.6) is 5.75 Å². The van der Waals surface area contributed by atoms with Gasteiger partial charge in [-0.05, 0) is 70.2 Å². The average molecular weight is 495 g/mol. The molecule has 1 aliphatic rings. The number of aryl methyl sites for hydroxylation is 3. The summed E-state index contributed by atoms with van der Waals surface area (Å²) in [4.78, 5) is 25.0. The third-order valence-electron chi connectivity index (χ3n) is 6.53. The van der Waals surface area contributed by atoms with Crippen LogP contribution in [0.15, 0.2) is 30.6 Å². The zero-order chi connectivity index (χ0) is 26.8. The number of likely N-dealkylation sites (tertiary alicyclic amines) is 1. The van der Waals surface area contributed by atoms with Gasteiger partial charge in [-0.3, -0.25) is 4.79 Å². The van der Waals surface area contributed by atoms with Gasteiger partial charge in [-0.1, -0.05) is 34.1 Å². The van der Waals surface area contributed by atoms with Crippen LogP contribution in [0.4, 0.5) is 0 Å². The van der Waals surface area contributed by atoms with Gasteiger partial charge in [0, 0.05) is 24.0 Å². The SMILES string of the molecule is CC.CCCC1CN(C(=O)c2cc(OC)ccc2-n2nccn2)C1CC.Cc1nc(C)c(C)c(C)n1. The van der Waals surface area contributed by atoms with Crippen molar-refractivity contribution in [2.75, 3.05) is 13.7 Å². The Labute approximate surface area is 216 Å². The van der Waals surface area contributed by atoms with E-state index in [9.17, 15) is 4.79 Å². The normalized spacial score (nSPS) is 16.2. The van der Waals surface area contributed by atoms with Gasteiger partial charge in [0.25, 0.3) is 5.91 Å². The van der Waals surface area contributed by atoms with Crippen molar-refractivity contribution in [1.82, 2.24) is 29.9 Å². The third kappa shape index (κ3) is 6.68. The summed E-state index contributed by atoms with van der Waals surface area (Å²) < 4.78 is 5.30.